The van der Waals surface area contributed by atoms with Crippen molar-refractivity contribution in [2.75, 3.05) is 5.32 Å². The number of carbonyl (C=O) groups excluding carboxylic acids is 1. The Morgan fingerprint density at radius 3 is 2.58 bits per heavy atom. The van der Waals surface area contributed by atoms with E-state index in [1.54, 1.807) is 18.2 Å². The van der Waals surface area contributed by atoms with Gasteiger partial charge in [-0.25, -0.2) is 0 Å². The zero-order valence-corrected chi connectivity index (χ0v) is 11.1. The van der Waals surface area contributed by atoms with E-state index in [0.717, 1.165) is 0 Å². The van der Waals surface area contributed by atoms with Gasteiger partial charge in [0, 0.05) is 12.1 Å². The summed E-state index contributed by atoms with van der Waals surface area (Å²) in [5, 5.41) is 2.53. The van der Waals surface area contributed by atoms with Crippen molar-refractivity contribution in [1.29, 1.82) is 0 Å². The third kappa shape index (κ3) is 7.03. The van der Waals surface area contributed by atoms with Crippen LogP contribution in [0.3, 0.4) is 0 Å². The second kappa shape index (κ2) is 7.35. The molecule has 0 unspecified atom stereocenters. The number of nitrogens with two attached hydrogens (primary N) is 1. The number of benzene rings is 1. The first-order valence-corrected chi connectivity index (χ1v) is 5.50. The van der Waals surface area contributed by atoms with Crippen LogP contribution in [-0.4, -0.2) is 18.1 Å². The van der Waals surface area contributed by atoms with E-state index in [-0.39, 0.29) is 24.7 Å². The fraction of sp³-hybridized carbons (Fsp3) is 0.417. The molecule has 0 aliphatic rings. The van der Waals surface area contributed by atoms with Gasteiger partial charge in [0.2, 0.25) is 5.91 Å². The van der Waals surface area contributed by atoms with E-state index in [1.165, 1.54) is 13.0 Å². The van der Waals surface area contributed by atoms with Crippen LogP contribution in [0.25, 0.3) is 0 Å². The fourth-order valence-electron chi connectivity index (χ4n) is 1.35. The van der Waals surface area contributed by atoms with Gasteiger partial charge in [-0.1, -0.05) is 12.1 Å². The van der Waals surface area contributed by atoms with E-state index in [1.807, 2.05) is 0 Å². The monoisotopic (exact) mass is 296 g/mol. The minimum Gasteiger partial charge on any atom is -0.325 e. The number of hydrogen-bond donors (Lipinski definition) is 2. The Labute approximate surface area is 115 Å². The first-order chi connectivity index (χ1) is 8.28. The van der Waals surface area contributed by atoms with Gasteiger partial charge in [0.05, 0.1) is 6.04 Å². The summed E-state index contributed by atoms with van der Waals surface area (Å²) in [5.41, 5.74) is 6.36. The van der Waals surface area contributed by atoms with E-state index in [4.69, 9.17) is 5.73 Å². The number of amides is 1. The summed E-state index contributed by atoms with van der Waals surface area (Å²) in [4.78, 5) is 11.3. The van der Waals surface area contributed by atoms with Crippen LogP contribution in [-0.2, 0) is 11.2 Å². The fourth-order valence-corrected chi connectivity index (χ4v) is 1.35. The van der Waals surface area contributed by atoms with E-state index in [2.05, 4.69) is 5.32 Å². The summed E-state index contributed by atoms with van der Waals surface area (Å²) >= 11 is 0. The molecule has 0 aromatic heterocycles. The number of anilines is 1. The lowest BCUT2D eigenvalue weighted by atomic mass is 10.1. The van der Waals surface area contributed by atoms with Crippen molar-refractivity contribution in [3.05, 3.63) is 29.8 Å². The minimum absolute atomic E-state index is 0. The molecule has 1 rings (SSSR count). The van der Waals surface area contributed by atoms with Crippen LogP contribution < -0.4 is 11.1 Å². The molecule has 19 heavy (non-hydrogen) atoms. The molecule has 0 fully saturated rings. The number of carbonyl (C=O) groups is 1. The van der Waals surface area contributed by atoms with Crippen LogP contribution >= 0.6 is 12.4 Å². The van der Waals surface area contributed by atoms with Gasteiger partial charge >= 0.3 is 6.18 Å². The topological polar surface area (TPSA) is 55.1 Å². The average Bonchev–Trinajstić information content (AvgIpc) is 2.26. The Kier molecular flexibility index (Phi) is 6.86. The molecular weight excluding hydrogens is 281 g/mol. The molecule has 0 heterocycles. The molecule has 3 nitrogen and oxygen atoms in total. The summed E-state index contributed by atoms with van der Waals surface area (Å²) in [6.45, 7) is 1.53. The highest BCUT2D eigenvalue weighted by atomic mass is 35.5. The van der Waals surface area contributed by atoms with Gasteiger partial charge < -0.3 is 11.1 Å². The lowest BCUT2D eigenvalue weighted by Gasteiger charge is -2.10. The molecule has 0 spiro atoms. The second-order valence-corrected chi connectivity index (χ2v) is 4.09. The number of halogens is 4. The van der Waals surface area contributed by atoms with Crippen molar-refractivity contribution in [2.24, 2.45) is 5.73 Å². The van der Waals surface area contributed by atoms with Crippen molar-refractivity contribution in [3.63, 3.8) is 0 Å². The summed E-state index contributed by atoms with van der Waals surface area (Å²) in [5.74, 6) is -0.372. The molecule has 1 aromatic carbocycles. The first-order valence-electron chi connectivity index (χ1n) is 5.50. The van der Waals surface area contributed by atoms with Crippen molar-refractivity contribution in [2.45, 2.75) is 32.0 Å². The third-order valence-corrected chi connectivity index (χ3v) is 2.31. The summed E-state index contributed by atoms with van der Waals surface area (Å²) < 4.78 is 36.2. The van der Waals surface area contributed by atoms with E-state index in [9.17, 15) is 18.0 Å². The largest absolute Gasteiger partial charge is 0.389 e. The molecule has 108 valence electrons. The molecule has 0 saturated carbocycles. The van der Waals surface area contributed by atoms with Crippen molar-refractivity contribution in [3.8, 4) is 0 Å². The maximum Gasteiger partial charge on any atom is 0.389 e. The van der Waals surface area contributed by atoms with Crippen molar-refractivity contribution < 1.29 is 18.0 Å². The minimum atomic E-state index is -4.18. The van der Waals surface area contributed by atoms with E-state index in [0.29, 0.717) is 11.3 Å². The SMILES string of the molecule is C[C@@H](N)C(=O)Nc1cccc(CCC(F)(F)F)c1.Cl. The van der Waals surface area contributed by atoms with Crippen LogP contribution in [0.1, 0.15) is 18.9 Å². The summed E-state index contributed by atoms with van der Waals surface area (Å²) in [6.07, 6.45) is -5.16. The van der Waals surface area contributed by atoms with Gasteiger partial charge in [0.15, 0.2) is 0 Å². The number of nitrogens with one attached hydrogen (secondary N) is 1. The lowest BCUT2D eigenvalue weighted by molar-refractivity contribution is -0.134. The molecular formula is C12H16ClF3N2O. The maximum atomic E-state index is 12.1. The second-order valence-electron chi connectivity index (χ2n) is 4.09. The highest BCUT2D eigenvalue weighted by Gasteiger charge is 2.26. The number of rotatable bonds is 4. The highest BCUT2D eigenvalue weighted by Crippen LogP contribution is 2.23. The Hall–Kier alpha value is -1.27. The van der Waals surface area contributed by atoms with Gasteiger partial charge in [0.1, 0.15) is 0 Å². The quantitative estimate of drug-likeness (QED) is 0.897. The van der Waals surface area contributed by atoms with E-state index < -0.39 is 18.6 Å². The number of aryl methyl sites for hydroxylation is 1. The Morgan fingerprint density at radius 1 is 1.42 bits per heavy atom. The molecule has 3 N–H and O–H groups in total. The zero-order chi connectivity index (χ0) is 13.8. The number of alkyl halides is 3. The van der Waals surface area contributed by atoms with Crippen LogP contribution in [0.15, 0.2) is 24.3 Å². The smallest absolute Gasteiger partial charge is 0.325 e. The average molecular weight is 297 g/mol. The van der Waals surface area contributed by atoms with Gasteiger partial charge in [-0.3, -0.25) is 4.79 Å². The van der Waals surface area contributed by atoms with E-state index >= 15 is 0 Å². The maximum absolute atomic E-state index is 12.1. The molecule has 0 aliphatic carbocycles. The predicted molar refractivity (Wildman–Crippen MR) is 70.3 cm³/mol. The van der Waals surface area contributed by atoms with Gasteiger partial charge in [-0.05, 0) is 31.0 Å². The van der Waals surface area contributed by atoms with Gasteiger partial charge in [-0.15, -0.1) is 12.4 Å². The standard InChI is InChI=1S/C12H15F3N2O.ClH/c1-8(16)11(18)17-10-4-2-3-9(7-10)5-6-12(13,14)15;/h2-4,7-8H,5-6,16H2,1H3,(H,17,18);1H/t8-;/m1./s1. The molecule has 1 aromatic rings. The van der Waals surface area contributed by atoms with Crippen molar-refractivity contribution >= 4 is 24.0 Å². The normalized spacial score (nSPS) is 12.5. The Morgan fingerprint density at radius 2 is 2.05 bits per heavy atom. The van der Waals surface area contributed by atoms with Crippen LogP contribution in [0, 0.1) is 0 Å². The highest BCUT2D eigenvalue weighted by molar-refractivity contribution is 5.94. The summed E-state index contributed by atoms with van der Waals surface area (Å²) in [7, 11) is 0. The Balaban J connectivity index is 0.00000324. The molecule has 1 atom stereocenters. The predicted octanol–water partition coefficient (Wildman–Crippen LogP) is 2.89. The molecule has 0 saturated heterocycles. The molecule has 0 aliphatic heterocycles. The Bertz CT molecular complexity index is 422. The van der Waals surface area contributed by atoms with Crippen LogP contribution in [0.4, 0.5) is 18.9 Å². The third-order valence-electron chi connectivity index (χ3n) is 2.31. The summed E-state index contributed by atoms with van der Waals surface area (Å²) in [6, 6.07) is 5.66. The number of hydrogen-bond acceptors (Lipinski definition) is 2. The molecule has 1 amide bonds. The lowest BCUT2D eigenvalue weighted by Crippen LogP contribution is -2.32. The molecule has 7 heteroatoms. The van der Waals surface area contributed by atoms with Gasteiger partial charge in [0.25, 0.3) is 0 Å². The van der Waals surface area contributed by atoms with Crippen LogP contribution in [0.2, 0.25) is 0 Å². The zero-order valence-electron chi connectivity index (χ0n) is 10.3. The van der Waals surface area contributed by atoms with Crippen molar-refractivity contribution in [1.82, 2.24) is 0 Å². The first kappa shape index (κ1) is 17.7. The van der Waals surface area contributed by atoms with Crippen LogP contribution in [0.5, 0.6) is 0 Å². The molecule has 0 bridgehead atoms. The van der Waals surface area contributed by atoms with Gasteiger partial charge in [-0.2, -0.15) is 13.2 Å². The molecule has 0 radical (unpaired) electrons.